The molecule has 0 bridgehead atoms. The number of aryl methyl sites for hydroxylation is 2. The lowest BCUT2D eigenvalue weighted by Crippen LogP contribution is -2.34. The minimum absolute atomic E-state index is 0.363. The van der Waals surface area contributed by atoms with Crippen molar-refractivity contribution in [1.82, 2.24) is 0 Å². The second kappa shape index (κ2) is 4.94. The van der Waals surface area contributed by atoms with E-state index < -0.39 is 6.04 Å². The molecule has 3 heteroatoms. The van der Waals surface area contributed by atoms with E-state index in [1.165, 1.54) is 7.11 Å². The molecule has 0 amide bonds. The summed E-state index contributed by atoms with van der Waals surface area (Å²) in [4.78, 5) is 11.2. The van der Waals surface area contributed by atoms with Crippen molar-refractivity contribution >= 4 is 5.97 Å². The van der Waals surface area contributed by atoms with Gasteiger partial charge in [-0.3, -0.25) is 4.79 Å². The zero-order valence-corrected chi connectivity index (χ0v) is 9.41. The van der Waals surface area contributed by atoms with Crippen LogP contribution in [-0.4, -0.2) is 19.1 Å². The molecule has 82 valence electrons. The zero-order valence-electron chi connectivity index (χ0n) is 9.41. The fourth-order valence-electron chi connectivity index (χ4n) is 1.63. The average Bonchev–Trinajstić information content (AvgIpc) is 2.22. The van der Waals surface area contributed by atoms with Gasteiger partial charge in [0.05, 0.1) is 7.11 Å². The Morgan fingerprint density at radius 3 is 2.40 bits per heavy atom. The molecule has 0 aliphatic heterocycles. The van der Waals surface area contributed by atoms with Crippen LogP contribution in [0.25, 0.3) is 0 Å². The van der Waals surface area contributed by atoms with Gasteiger partial charge in [-0.1, -0.05) is 18.2 Å². The van der Waals surface area contributed by atoms with E-state index in [1.807, 2.05) is 32.0 Å². The molecule has 0 heterocycles. The van der Waals surface area contributed by atoms with Crippen LogP contribution in [0.1, 0.15) is 16.7 Å². The Balaban J connectivity index is 2.85. The highest BCUT2D eigenvalue weighted by molar-refractivity contribution is 5.75. The Morgan fingerprint density at radius 1 is 1.40 bits per heavy atom. The summed E-state index contributed by atoms with van der Waals surface area (Å²) in [5.41, 5.74) is 9.18. The minimum Gasteiger partial charge on any atom is -0.468 e. The summed E-state index contributed by atoms with van der Waals surface area (Å²) < 4.78 is 4.60. The fraction of sp³-hybridized carbons (Fsp3) is 0.417. The quantitative estimate of drug-likeness (QED) is 0.761. The van der Waals surface area contributed by atoms with Crippen LogP contribution in [-0.2, 0) is 16.0 Å². The highest BCUT2D eigenvalue weighted by Gasteiger charge is 2.16. The van der Waals surface area contributed by atoms with Gasteiger partial charge in [0.25, 0.3) is 0 Å². The van der Waals surface area contributed by atoms with Gasteiger partial charge < -0.3 is 10.5 Å². The lowest BCUT2D eigenvalue weighted by atomic mass is 9.97. The predicted octanol–water partition coefficient (Wildman–Crippen LogP) is 1.35. The summed E-state index contributed by atoms with van der Waals surface area (Å²) >= 11 is 0. The van der Waals surface area contributed by atoms with Gasteiger partial charge in [0.2, 0.25) is 0 Å². The minimum atomic E-state index is -0.574. The van der Waals surface area contributed by atoms with Crippen LogP contribution in [0.5, 0.6) is 0 Å². The van der Waals surface area contributed by atoms with Crippen molar-refractivity contribution in [3.63, 3.8) is 0 Å². The van der Waals surface area contributed by atoms with Gasteiger partial charge in [-0.25, -0.2) is 0 Å². The molecule has 0 radical (unpaired) electrons. The van der Waals surface area contributed by atoms with E-state index in [2.05, 4.69) is 4.74 Å². The molecule has 0 aliphatic carbocycles. The highest BCUT2D eigenvalue weighted by atomic mass is 16.5. The van der Waals surface area contributed by atoms with Crippen LogP contribution in [0.3, 0.4) is 0 Å². The van der Waals surface area contributed by atoms with Crippen LogP contribution in [0.15, 0.2) is 18.2 Å². The molecule has 0 spiro atoms. The largest absolute Gasteiger partial charge is 0.468 e. The molecule has 1 atom stereocenters. The van der Waals surface area contributed by atoms with Gasteiger partial charge in [0.15, 0.2) is 0 Å². The molecule has 0 saturated carbocycles. The molecular weight excluding hydrogens is 190 g/mol. The maximum Gasteiger partial charge on any atom is 0.322 e. The smallest absolute Gasteiger partial charge is 0.322 e. The van der Waals surface area contributed by atoms with E-state index in [1.54, 1.807) is 0 Å². The van der Waals surface area contributed by atoms with Crippen molar-refractivity contribution in [3.05, 3.63) is 34.9 Å². The van der Waals surface area contributed by atoms with Crippen molar-refractivity contribution in [3.8, 4) is 0 Å². The number of methoxy groups -OCH3 is 1. The van der Waals surface area contributed by atoms with Crippen molar-refractivity contribution < 1.29 is 9.53 Å². The molecule has 1 aromatic carbocycles. The number of carbonyl (C=O) groups excluding carboxylic acids is 1. The first-order valence-electron chi connectivity index (χ1n) is 4.94. The van der Waals surface area contributed by atoms with E-state index >= 15 is 0 Å². The Kier molecular flexibility index (Phi) is 3.86. The van der Waals surface area contributed by atoms with Crippen molar-refractivity contribution in [1.29, 1.82) is 0 Å². The molecule has 2 N–H and O–H groups in total. The number of ether oxygens (including phenoxy) is 1. The third-order valence-corrected chi connectivity index (χ3v) is 2.57. The monoisotopic (exact) mass is 207 g/mol. The van der Waals surface area contributed by atoms with E-state index in [4.69, 9.17) is 5.73 Å². The molecule has 3 nitrogen and oxygen atoms in total. The number of carbonyl (C=O) groups is 1. The molecule has 0 aliphatic rings. The third kappa shape index (κ3) is 2.80. The maximum atomic E-state index is 11.2. The van der Waals surface area contributed by atoms with Crippen LogP contribution in [0.4, 0.5) is 0 Å². The Labute approximate surface area is 90.2 Å². The Morgan fingerprint density at radius 2 is 1.93 bits per heavy atom. The van der Waals surface area contributed by atoms with E-state index in [0.29, 0.717) is 6.42 Å². The average molecular weight is 207 g/mol. The summed E-state index contributed by atoms with van der Waals surface area (Å²) in [6, 6.07) is 5.46. The van der Waals surface area contributed by atoms with Gasteiger partial charge in [0.1, 0.15) is 6.04 Å². The van der Waals surface area contributed by atoms with Crippen molar-refractivity contribution in [2.75, 3.05) is 7.11 Å². The molecular formula is C12H17NO2. The molecule has 0 fully saturated rings. The summed E-state index contributed by atoms with van der Waals surface area (Å²) in [6.07, 6.45) is 0.533. The first-order chi connectivity index (χ1) is 7.06. The summed E-state index contributed by atoms with van der Waals surface area (Å²) in [7, 11) is 1.35. The maximum absolute atomic E-state index is 11.2. The highest BCUT2D eigenvalue weighted by Crippen LogP contribution is 2.15. The second-order valence-corrected chi connectivity index (χ2v) is 3.70. The fourth-order valence-corrected chi connectivity index (χ4v) is 1.63. The molecule has 1 rings (SSSR count). The van der Waals surface area contributed by atoms with Crippen molar-refractivity contribution in [2.24, 2.45) is 5.73 Å². The number of hydrogen-bond donors (Lipinski definition) is 1. The van der Waals surface area contributed by atoms with Gasteiger partial charge >= 0.3 is 5.97 Å². The number of nitrogens with two attached hydrogens (primary N) is 1. The molecule has 1 unspecified atom stereocenters. The SMILES string of the molecule is COC(=O)C(N)Cc1c(C)cccc1C. The van der Waals surface area contributed by atoms with Gasteiger partial charge in [0, 0.05) is 0 Å². The van der Waals surface area contributed by atoms with Crippen LogP contribution in [0, 0.1) is 13.8 Å². The number of esters is 1. The number of rotatable bonds is 3. The summed E-state index contributed by atoms with van der Waals surface area (Å²) in [5, 5.41) is 0. The van der Waals surface area contributed by atoms with E-state index in [-0.39, 0.29) is 5.97 Å². The zero-order chi connectivity index (χ0) is 11.4. The molecule has 0 saturated heterocycles. The lowest BCUT2D eigenvalue weighted by Gasteiger charge is -2.13. The summed E-state index contributed by atoms with van der Waals surface area (Å²) in [5.74, 6) is -0.363. The lowest BCUT2D eigenvalue weighted by molar-refractivity contribution is -0.142. The molecule has 1 aromatic rings. The normalized spacial score (nSPS) is 12.3. The standard InChI is InChI=1S/C12H17NO2/c1-8-5-4-6-9(2)10(8)7-11(13)12(14)15-3/h4-6,11H,7,13H2,1-3H3. The Bertz CT molecular complexity index is 340. The van der Waals surface area contributed by atoms with Gasteiger partial charge in [-0.15, -0.1) is 0 Å². The predicted molar refractivity (Wildman–Crippen MR) is 59.6 cm³/mol. The van der Waals surface area contributed by atoms with E-state index in [9.17, 15) is 4.79 Å². The number of hydrogen-bond acceptors (Lipinski definition) is 3. The molecule has 15 heavy (non-hydrogen) atoms. The van der Waals surface area contributed by atoms with Crippen LogP contribution in [0.2, 0.25) is 0 Å². The van der Waals surface area contributed by atoms with Gasteiger partial charge in [-0.05, 0) is 37.0 Å². The van der Waals surface area contributed by atoms with E-state index in [0.717, 1.165) is 16.7 Å². The molecule has 0 aromatic heterocycles. The van der Waals surface area contributed by atoms with Crippen LogP contribution < -0.4 is 5.73 Å². The second-order valence-electron chi connectivity index (χ2n) is 3.70. The number of benzene rings is 1. The van der Waals surface area contributed by atoms with Gasteiger partial charge in [-0.2, -0.15) is 0 Å². The third-order valence-electron chi connectivity index (χ3n) is 2.57. The first kappa shape index (κ1) is 11.7. The van der Waals surface area contributed by atoms with Crippen molar-refractivity contribution in [2.45, 2.75) is 26.3 Å². The first-order valence-corrected chi connectivity index (χ1v) is 4.94. The van der Waals surface area contributed by atoms with Crippen LogP contribution >= 0.6 is 0 Å². The topological polar surface area (TPSA) is 52.3 Å². The Hall–Kier alpha value is -1.35. The summed E-state index contributed by atoms with van der Waals surface area (Å²) in [6.45, 7) is 4.04.